The molecule has 1 aliphatic rings. The molecule has 0 radical (unpaired) electrons. The number of likely N-dealkylation sites (tertiary alicyclic amines) is 1. The SMILES string of the molecule is C[C@H](N)C(=O)N1CCCC(c2nc(-c3ccc(Cl)cc3)no2)C1.Cl. The van der Waals surface area contributed by atoms with E-state index in [1.54, 1.807) is 24.0 Å². The Morgan fingerprint density at radius 1 is 1.42 bits per heavy atom. The minimum Gasteiger partial charge on any atom is -0.341 e. The number of aromatic nitrogens is 2. The van der Waals surface area contributed by atoms with E-state index in [9.17, 15) is 4.79 Å². The highest BCUT2D eigenvalue weighted by Crippen LogP contribution is 2.28. The van der Waals surface area contributed by atoms with Crippen molar-refractivity contribution in [2.24, 2.45) is 5.73 Å². The molecule has 1 aromatic heterocycles. The van der Waals surface area contributed by atoms with Crippen LogP contribution >= 0.6 is 24.0 Å². The minimum absolute atomic E-state index is 0. The summed E-state index contributed by atoms with van der Waals surface area (Å²) in [5, 5.41) is 4.70. The summed E-state index contributed by atoms with van der Waals surface area (Å²) in [6.45, 7) is 3.01. The van der Waals surface area contributed by atoms with E-state index in [2.05, 4.69) is 10.1 Å². The zero-order chi connectivity index (χ0) is 16.4. The van der Waals surface area contributed by atoms with Gasteiger partial charge in [-0.2, -0.15) is 4.98 Å². The molecule has 8 heteroatoms. The Labute approximate surface area is 151 Å². The number of rotatable bonds is 3. The van der Waals surface area contributed by atoms with Crippen LogP contribution in [0.25, 0.3) is 11.4 Å². The number of carbonyl (C=O) groups is 1. The Morgan fingerprint density at radius 3 is 2.79 bits per heavy atom. The average Bonchev–Trinajstić information content (AvgIpc) is 3.05. The van der Waals surface area contributed by atoms with E-state index in [1.165, 1.54) is 0 Å². The van der Waals surface area contributed by atoms with Gasteiger partial charge >= 0.3 is 0 Å². The smallest absolute Gasteiger partial charge is 0.239 e. The largest absolute Gasteiger partial charge is 0.341 e. The average molecular weight is 371 g/mol. The topological polar surface area (TPSA) is 85.3 Å². The van der Waals surface area contributed by atoms with Gasteiger partial charge in [-0.05, 0) is 44.0 Å². The maximum atomic E-state index is 12.1. The zero-order valence-electron chi connectivity index (χ0n) is 13.3. The molecule has 0 aliphatic carbocycles. The van der Waals surface area contributed by atoms with Crippen LogP contribution in [-0.4, -0.2) is 40.1 Å². The first-order chi connectivity index (χ1) is 11.0. The van der Waals surface area contributed by atoms with Crippen LogP contribution in [0.5, 0.6) is 0 Å². The molecule has 2 aromatic rings. The second-order valence-electron chi connectivity index (χ2n) is 5.88. The minimum atomic E-state index is -0.485. The molecule has 1 fully saturated rings. The van der Waals surface area contributed by atoms with Crippen LogP contribution in [0.15, 0.2) is 28.8 Å². The van der Waals surface area contributed by atoms with Crippen LogP contribution in [0.2, 0.25) is 5.02 Å². The molecule has 1 aromatic carbocycles. The van der Waals surface area contributed by atoms with E-state index in [1.807, 2.05) is 12.1 Å². The van der Waals surface area contributed by atoms with Gasteiger partial charge < -0.3 is 15.2 Å². The number of carbonyl (C=O) groups excluding carboxylic acids is 1. The number of nitrogens with two attached hydrogens (primary N) is 1. The van der Waals surface area contributed by atoms with Gasteiger partial charge in [0, 0.05) is 23.7 Å². The lowest BCUT2D eigenvalue weighted by molar-refractivity contribution is -0.133. The summed E-state index contributed by atoms with van der Waals surface area (Å²) >= 11 is 5.89. The Bertz CT molecular complexity index is 688. The Kier molecular flexibility index (Phi) is 6.21. The van der Waals surface area contributed by atoms with Crippen LogP contribution in [0, 0.1) is 0 Å². The first-order valence-electron chi connectivity index (χ1n) is 7.68. The first kappa shape index (κ1) is 18.7. The summed E-state index contributed by atoms with van der Waals surface area (Å²) in [4.78, 5) is 18.3. The van der Waals surface area contributed by atoms with Crippen molar-refractivity contribution >= 4 is 29.9 Å². The van der Waals surface area contributed by atoms with E-state index in [0.29, 0.717) is 23.3 Å². The molecular formula is C16H20Cl2N4O2. The second-order valence-corrected chi connectivity index (χ2v) is 6.31. The van der Waals surface area contributed by atoms with Crippen LogP contribution in [-0.2, 0) is 4.79 Å². The van der Waals surface area contributed by atoms with Gasteiger partial charge in [0.2, 0.25) is 17.6 Å². The summed E-state index contributed by atoms with van der Waals surface area (Å²) in [5.41, 5.74) is 6.54. The van der Waals surface area contributed by atoms with Crippen molar-refractivity contribution in [1.82, 2.24) is 15.0 Å². The number of piperidine rings is 1. The van der Waals surface area contributed by atoms with Crippen molar-refractivity contribution in [2.75, 3.05) is 13.1 Å². The summed E-state index contributed by atoms with van der Waals surface area (Å²) in [6, 6.07) is 6.79. The fourth-order valence-corrected chi connectivity index (χ4v) is 2.91. The summed E-state index contributed by atoms with van der Waals surface area (Å²) in [6.07, 6.45) is 1.83. The van der Waals surface area contributed by atoms with Crippen LogP contribution in [0.1, 0.15) is 31.6 Å². The van der Waals surface area contributed by atoms with Crippen molar-refractivity contribution in [3.05, 3.63) is 35.2 Å². The van der Waals surface area contributed by atoms with Crippen molar-refractivity contribution in [3.8, 4) is 11.4 Å². The van der Waals surface area contributed by atoms with Crippen molar-refractivity contribution < 1.29 is 9.32 Å². The highest BCUT2D eigenvalue weighted by molar-refractivity contribution is 6.30. The molecule has 1 amide bonds. The standard InChI is InChI=1S/C16H19ClN4O2.ClH/c1-10(18)16(22)21-8-2-3-12(9-21)15-19-14(20-23-15)11-4-6-13(17)7-5-11;/h4-7,10,12H,2-3,8-9,18H2,1H3;1H/t10-,12?;/m0./s1. The number of amides is 1. The van der Waals surface area contributed by atoms with Gasteiger partial charge in [-0.1, -0.05) is 16.8 Å². The van der Waals surface area contributed by atoms with E-state index < -0.39 is 6.04 Å². The summed E-state index contributed by atoms with van der Waals surface area (Å²) in [7, 11) is 0. The molecule has 0 spiro atoms. The van der Waals surface area contributed by atoms with Gasteiger partial charge in [0.15, 0.2) is 0 Å². The van der Waals surface area contributed by atoms with E-state index in [0.717, 1.165) is 24.9 Å². The molecule has 1 unspecified atom stereocenters. The highest BCUT2D eigenvalue weighted by Gasteiger charge is 2.29. The normalized spacial score (nSPS) is 18.8. The Hall–Kier alpha value is -1.63. The lowest BCUT2D eigenvalue weighted by atomic mass is 9.97. The van der Waals surface area contributed by atoms with Gasteiger partial charge in [-0.15, -0.1) is 12.4 Å². The molecule has 24 heavy (non-hydrogen) atoms. The van der Waals surface area contributed by atoms with Crippen LogP contribution in [0.3, 0.4) is 0 Å². The maximum absolute atomic E-state index is 12.1. The number of nitrogens with zero attached hydrogens (tertiary/aromatic N) is 3. The molecule has 3 rings (SSSR count). The lowest BCUT2D eigenvalue weighted by Gasteiger charge is -2.32. The van der Waals surface area contributed by atoms with Crippen molar-refractivity contribution in [1.29, 1.82) is 0 Å². The molecule has 130 valence electrons. The van der Waals surface area contributed by atoms with Gasteiger partial charge in [0.05, 0.1) is 12.0 Å². The molecule has 6 nitrogen and oxygen atoms in total. The number of hydrogen-bond donors (Lipinski definition) is 1. The highest BCUT2D eigenvalue weighted by atomic mass is 35.5. The fraction of sp³-hybridized carbons (Fsp3) is 0.438. The molecule has 2 atom stereocenters. The number of benzene rings is 1. The summed E-state index contributed by atoms with van der Waals surface area (Å²) < 4.78 is 5.41. The molecule has 2 N–H and O–H groups in total. The predicted octanol–water partition coefficient (Wildman–Crippen LogP) is 2.87. The van der Waals surface area contributed by atoms with Gasteiger partial charge in [0.25, 0.3) is 0 Å². The summed E-state index contributed by atoms with van der Waals surface area (Å²) in [5.74, 6) is 1.12. The monoisotopic (exact) mass is 370 g/mol. The lowest BCUT2D eigenvalue weighted by Crippen LogP contribution is -2.46. The molecule has 1 saturated heterocycles. The zero-order valence-corrected chi connectivity index (χ0v) is 14.9. The first-order valence-corrected chi connectivity index (χ1v) is 8.06. The van der Waals surface area contributed by atoms with E-state index in [4.69, 9.17) is 21.9 Å². The quantitative estimate of drug-likeness (QED) is 0.897. The molecule has 2 heterocycles. The van der Waals surface area contributed by atoms with E-state index >= 15 is 0 Å². The Morgan fingerprint density at radius 2 is 2.12 bits per heavy atom. The van der Waals surface area contributed by atoms with Crippen LogP contribution < -0.4 is 5.73 Å². The molecule has 0 saturated carbocycles. The van der Waals surface area contributed by atoms with Crippen molar-refractivity contribution in [2.45, 2.75) is 31.7 Å². The maximum Gasteiger partial charge on any atom is 0.239 e. The van der Waals surface area contributed by atoms with E-state index in [-0.39, 0.29) is 24.2 Å². The van der Waals surface area contributed by atoms with Gasteiger partial charge in [0.1, 0.15) is 0 Å². The molecular weight excluding hydrogens is 351 g/mol. The molecule has 0 bridgehead atoms. The van der Waals surface area contributed by atoms with Gasteiger partial charge in [-0.3, -0.25) is 4.79 Å². The second kappa shape index (κ2) is 7.96. The molecule has 1 aliphatic heterocycles. The fourth-order valence-electron chi connectivity index (χ4n) is 2.78. The third kappa shape index (κ3) is 4.06. The Balaban J connectivity index is 0.00000208. The number of hydrogen-bond acceptors (Lipinski definition) is 5. The van der Waals surface area contributed by atoms with Crippen LogP contribution in [0.4, 0.5) is 0 Å². The van der Waals surface area contributed by atoms with Crippen molar-refractivity contribution in [3.63, 3.8) is 0 Å². The third-order valence-corrected chi connectivity index (χ3v) is 4.27. The van der Waals surface area contributed by atoms with Gasteiger partial charge in [-0.25, -0.2) is 0 Å². The number of halogens is 2. The predicted molar refractivity (Wildman–Crippen MR) is 94.2 cm³/mol. The third-order valence-electron chi connectivity index (χ3n) is 4.02.